The topological polar surface area (TPSA) is 67.9 Å². The lowest BCUT2D eigenvalue weighted by molar-refractivity contribution is -0.116. The summed E-state index contributed by atoms with van der Waals surface area (Å²) in [6.45, 7) is 3.21. The number of rotatable bonds is 6. The van der Waals surface area contributed by atoms with Crippen molar-refractivity contribution in [3.8, 4) is 11.5 Å². The fourth-order valence-electron chi connectivity index (χ4n) is 3.93. The summed E-state index contributed by atoms with van der Waals surface area (Å²) in [5.74, 6) is 1.31. The van der Waals surface area contributed by atoms with Crippen molar-refractivity contribution >= 4 is 40.6 Å². The molecule has 0 saturated carbocycles. The van der Waals surface area contributed by atoms with Crippen LogP contribution in [0.2, 0.25) is 10.0 Å². The molecule has 2 heterocycles. The molecular formula is C23H24Cl2N2O4. The van der Waals surface area contributed by atoms with Gasteiger partial charge in [0.05, 0.1) is 15.7 Å². The molecule has 1 fully saturated rings. The van der Waals surface area contributed by atoms with Crippen LogP contribution in [0.5, 0.6) is 11.5 Å². The molecule has 0 aliphatic carbocycles. The second-order valence-electron chi connectivity index (χ2n) is 7.73. The number of likely N-dealkylation sites (tertiary alicyclic amines) is 1. The Morgan fingerprint density at radius 3 is 2.39 bits per heavy atom. The van der Waals surface area contributed by atoms with E-state index in [1.54, 1.807) is 30.3 Å². The maximum absolute atomic E-state index is 12.9. The Balaban J connectivity index is 1.25. The van der Waals surface area contributed by atoms with Crippen LogP contribution >= 0.6 is 23.2 Å². The first-order valence-corrected chi connectivity index (χ1v) is 11.2. The van der Waals surface area contributed by atoms with E-state index in [0.717, 1.165) is 25.9 Å². The van der Waals surface area contributed by atoms with Gasteiger partial charge in [0, 0.05) is 24.4 Å². The number of hydrogen-bond acceptors (Lipinski definition) is 5. The summed E-state index contributed by atoms with van der Waals surface area (Å²) in [5, 5.41) is 3.62. The molecule has 0 aromatic heterocycles. The number of halogens is 2. The van der Waals surface area contributed by atoms with Crippen molar-refractivity contribution in [3.05, 3.63) is 52.0 Å². The summed E-state index contributed by atoms with van der Waals surface area (Å²) in [6.07, 6.45) is 1.87. The molecule has 31 heavy (non-hydrogen) atoms. The van der Waals surface area contributed by atoms with E-state index in [2.05, 4.69) is 10.2 Å². The summed E-state index contributed by atoms with van der Waals surface area (Å²) in [5.41, 5.74) is 1.11. The third kappa shape index (κ3) is 5.32. The van der Waals surface area contributed by atoms with Crippen LogP contribution in [-0.4, -0.2) is 49.4 Å². The number of nitrogens with one attached hydrogen (secondary N) is 1. The van der Waals surface area contributed by atoms with Gasteiger partial charge >= 0.3 is 0 Å². The number of ketones is 1. The minimum Gasteiger partial charge on any atom is -0.486 e. The quantitative estimate of drug-likeness (QED) is 0.630. The second kappa shape index (κ2) is 9.90. The summed E-state index contributed by atoms with van der Waals surface area (Å²) in [4.78, 5) is 27.4. The van der Waals surface area contributed by atoms with Crippen LogP contribution in [0, 0.1) is 5.92 Å². The molecule has 0 unspecified atom stereocenters. The van der Waals surface area contributed by atoms with E-state index < -0.39 is 0 Å². The molecule has 2 aromatic rings. The van der Waals surface area contributed by atoms with Gasteiger partial charge in [-0.3, -0.25) is 9.59 Å². The highest BCUT2D eigenvalue weighted by atomic mass is 35.5. The van der Waals surface area contributed by atoms with Crippen molar-refractivity contribution < 1.29 is 19.1 Å². The van der Waals surface area contributed by atoms with E-state index in [1.165, 1.54) is 0 Å². The van der Waals surface area contributed by atoms with Gasteiger partial charge in [0.25, 0.3) is 0 Å². The monoisotopic (exact) mass is 462 g/mol. The Labute approximate surface area is 191 Å². The number of nitrogens with zero attached hydrogens (tertiary/aromatic N) is 1. The number of ether oxygens (including phenoxy) is 2. The molecule has 164 valence electrons. The fourth-order valence-corrected chi connectivity index (χ4v) is 4.42. The Morgan fingerprint density at radius 1 is 1.00 bits per heavy atom. The molecule has 0 spiro atoms. The van der Waals surface area contributed by atoms with Gasteiger partial charge in [-0.2, -0.15) is 0 Å². The number of benzene rings is 2. The van der Waals surface area contributed by atoms with Crippen molar-refractivity contribution in [2.45, 2.75) is 19.3 Å². The third-order valence-corrected chi connectivity index (χ3v) is 6.30. The Hall–Kier alpha value is -2.28. The zero-order valence-corrected chi connectivity index (χ0v) is 18.5. The van der Waals surface area contributed by atoms with Crippen LogP contribution < -0.4 is 14.8 Å². The highest BCUT2D eigenvalue weighted by Gasteiger charge is 2.27. The minimum absolute atomic E-state index is 0.0189. The molecule has 4 rings (SSSR count). The number of hydrogen-bond donors (Lipinski definition) is 1. The van der Waals surface area contributed by atoms with Gasteiger partial charge in [0.15, 0.2) is 17.3 Å². The summed E-state index contributed by atoms with van der Waals surface area (Å²) < 4.78 is 11.1. The van der Waals surface area contributed by atoms with Crippen molar-refractivity contribution in [2.24, 2.45) is 5.92 Å². The summed E-state index contributed by atoms with van der Waals surface area (Å²) in [6, 6.07) is 10.5. The average Bonchev–Trinajstić information content (AvgIpc) is 2.80. The fraction of sp³-hybridized carbons (Fsp3) is 0.391. The van der Waals surface area contributed by atoms with E-state index >= 15 is 0 Å². The molecule has 2 aliphatic heterocycles. The SMILES string of the molecule is O=C(CCN1CCC(C(=O)c2ccc3c(c2)OCCO3)CC1)Nc1c(Cl)cccc1Cl. The largest absolute Gasteiger partial charge is 0.486 e. The van der Waals surface area contributed by atoms with Gasteiger partial charge in [-0.25, -0.2) is 0 Å². The van der Waals surface area contributed by atoms with E-state index in [1.807, 2.05) is 6.07 Å². The number of para-hydroxylation sites is 1. The van der Waals surface area contributed by atoms with Gasteiger partial charge < -0.3 is 19.7 Å². The predicted molar refractivity (Wildman–Crippen MR) is 121 cm³/mol. The number of amides is 1. The zero-order chi connectivity index (χ0) is 21.8. The molecule has 0 atom stereocenters. The van der Waals surface area contributed by atoms with E-state index in [-0.39, 0.29) is 17.6 Å². The van der Waals surface area contributed by atoms with Crippen LogP contribution in [0.4, 0.5) is 5.69 Å². The molecular weight excluding hydrogens is 439 g/mol. The van der Waals surface area contributed by atoms with Gasteiger partial charge in [-0.15, -0.1) is 0 Å². The number of anilines is 1. The summed E-state index contributed by atoms with van der Waals surface area (Å²) >= 11 is 12.2. The standard InChI is InChI=1S/C23H24Cl2N2O4/c24-17-2-1-3-18(25)22(17)26-21(28)8-11-27-9-6-15(7-10-27)23(29)16-4-5-19-20(14-16)31-13-12-30-19/h1-5,14-15H,6-13H2,(H,26,28). The van der Waals surface area contributed by atoms with Crippen molar-refractivity contribution in [2.75, 3.05) is 38.2 Å². The molecule has 0 bridgehead atoms. The molecule has 1 amide bonds. The first-order chi connectivity index (χ1) is 15.0. The first kappa shape index (κ1) is 21.9. The first-order valence-electron chi connectivity index (χ1n) is 10.4. The Morgan fingerprint density at radius 2 is 1.68 bits per heavy atom. The minimum atomic E-state index is -0.135. The molecule has 1 N–H and O–H groups in total. The van der Waals surface area contributed by atoms with Crippen LogP contribution in [0.15, 0.2) is 36.4 Å². The Kier molecular flexibility index (Phi) is 7.00. The predicted octanol–water partition coefficient (Wildman–Crippen LogP) is 4.69. The van der Waals surface area contributed by atoms with Gasteiger partial charge in [0.2, 0.25) is 5.91 Å². The van der Waals surface area contributed by atoms with Crippen molar-refractivity contribution in [1.82, 2.24) is 4.90 Å². The van der Waals surface area contributed by atoms with Gasteiger partial charge in [-0.05, 0) is 56.3 Å². The van der Waals surface area contributed by atoms with Gasteiger partial charge in [0.1, 0.15) is 13.2 Å². The zero-order valence-electron chi connectivity index (χ0n) is 17.0. The number of piperidine rings is 1. The number of Topliss-reactive ketones (excluding diaryl/α,β-unsaturated/α-hetero) is 1. The van der Waals surface area contributed by atoms with Crippen molar-refractivity contribution in [1.29, 1.82) is 0 Å². The molecule has 6 nitrogen and oxygen atoms in total. The normalized spacial score (nSPS) is 16.7. The van der Waals surface area contributed by atoms with E-state index in [9.17, 15) is 9.59 Å². The lowest BCUT2D eigenvalue weighted by atomic mass is 9.88. The lowest BCUT2D eigenvalue weighted by Gasteiger charge is -2.31. The molecule has 1 saturated heterocycles. The maximum Gasteiger partial charge on any atom is 0.225 e. The van der Waals surface area contributed by atoms with Crippen LogP contribution in [0.3, 0.4) is 0 Å². The van der Waals surface area contributed by atoms with Crippen molar-refractivity contribution in [3.63, 3.8) is 0 Å². The van der Waals surface area contributed by atoms with Crippen LogP contribution in [0.25, 0.3) is 0 Å². The third-order valence-electron chi connectivity index (χ3n) is 5.67. The number of carbonyl (C=O) groups excluding carboxylic acids is 2. The molecule has 2 aliphatic rings. The molecule has 8 heteroatoms. The highest BCUT2D eigenvalue weighted by molar-refractivity contribution is 6.39. The smallest absolute Gasteiger partial charge is 0.225 e. The molecule has 0 radical (unpaired) electrons. The highest BCUT2D eigenvalue weighted by Crippen LogP contribution is 2.33. The number of carbonyl (C=O) groups is 2. The lowest BCUT2D eigenvalue weighted by Crippen LogP contribution is -2.38. The van der Waals surface area contributed by atoms with Gasteiger partial charge in [-0.1, -0.05) is 29.3 Å². The van der Waals surface area contributed by atoms with E-state index in [4.69, 9.17) is 32.7 Å². The second-order valence-corrected chi connectivity index (χ2v) is 8.55. The average molecular weight is 463 g/mol. The Bertz CT molecular complexity index is 954. The maximum atomic E-state index is 12.9. The number of fused-ring (bicyclic) bond motifs is 1. The van der Waals surface area contributed by atoms with Crippen LogP contribution in [-0.2, 0) is 4.79 Å². The van der Waals surface area contributed by atoms with E-state index in [0.29, 0.717) is 59.0 Å². The van der Waals surface area contributed by atoms with Crippen LogP contribution in [0.1, 0.15) is 29.6 Å². The molecule has 2 aromatic carbocycles. The summed E-state index contributed by atoms with van der Waals surface area (Å²) in [7, 11) is 0.